The third kappa shape index (κ3) is 4.49. The molecule has 0 aliphatic carbocycles. The quantitative estimate of drug-likeness (QED) is 0.481. The summed E-state index contributed by atoms with van der Waals surface area (Å²) < 4.78 is 13.8. The van der Waals surface area contributed by atoms with Crippen LogP contribution >= 0.6 is 0 Å². The molecular weight excluding hydrogens is 349 g/mol. The van der Waals surface area contributed by atoms with E-state index in [1.54, 1.807) is 0 Å². The van der Waals surface area contributed by atoms with Gasteiger partial charge in [-0.05, 0) is 37.0 Å². The summed E-state index contributed by atoms with van der Waals surface area (Å²) >= 11 is 0. The van der Waals surface area contributed by atoms with Crippen LogP contribution in [0.2, 0.25) is 0 Å². The molecule has 6 nitrogen and oxygen atoms in total. The Morgan fingerprint density at radius 2 is 2.04 bits per heavy atom. The molecule has 1 heterocycles. The fourth-order valence-corrected chi connectivity index (χ4v) is 3.34. The van der Waals surface area contributed by atoms with Gasteiger partial charge in [0.05, 0.1) is 10.5 Å². The third-order valence-electron chi connectivity index (χ3n) is 4.92. The van der Waals surface area contributed by atoms with Crippen LogP contribution in [-0.4, -0.2) is 35.4 Å². The number of hydrogen-bond acceptors (Lipinski definition) is 4. The first-order valence-corrected chi connectivity index (χ1v) is 8.97. The summed E-state index contributed by atoms with van der Waals surface area (Å²) in [5.74, 6) is -1.25. The Kier molecular flexibility index (Phi) is 5.81. The van der Waals surface area contributed by atoms with E-state index in [1.165, 1.54) is 18.1 Å². The number of nitro benzene ring substituents is 1. The standard InChI is InChI=1S/C20H22FN3O3/c1-14-18(21)11-17(12-19(14)24(26)27)20(25)22-8-4-9-23-10-7-15-5-2-3-6-16(15)13-23/h2-3,5-6,11-12H,4,7-10,13H2,1H3,(H,22,25). The lowest BCUT2D eigenvalue weighted by molar-refractivity contribution is -0.385. The van der Waals surface area contributed by atoms with Gasteiger partial charge in [0.1, 0.15) is 5.82 Å². The SMILES string of the molecule is Cc1c(F)cc(C(=O)NCCCN2CCc3ccccc3C2)cc1[N+](=O)[O-]. The monoisotopic (exact) mass is 371 g/mol. The number of nitro groups is 1. The zero-order valence-corrected chi connectivity index (χ0v) is 15.2. The van der Waals surface area contributed by atoms with Gasteiger partial charge in [0.2, 0.25) is 0 Å². The van der Waals surface area contributed by atoms with Gasteiger partial charge in [-0.3, -0.25) is 19.8 Å². The highest BCUT2D eigenvalue weighted by atomic mass is 19.1. The second-order valence-corrected chi connectivity index (χ2v) is 6.76. The van der Waals surface area contributed by atoms with Crippen LogP contribution in [0.3, 0.4) is 0 Å². The molecule has 0 bridgehead atoms. The summed E-state index contributed by atoms with van der Waals surface area (Å²) in [6.45, 7) is 4.49. The molecule has 142 valence electrons. The van der Waals surface area contributed by atoms with Crippen molar-refractivity contribution < 1.29 is 14.1 Å². The van der Waals surface area contributed by atoms with Crippen LogP contribution < -0.4 is 5.32 Å². The minimum Gasteiger partial charge on any atom is -0.352 e. The van der Waals surface area contributed by atoms with Gasteiger partial charge in [0.15, 0.2) is 0 Å². The largest absolute Gasteiger partial charge is 0.352 e. The zero-order chi connectivity index (χ0) is 19.4. The van der Waals surface area contributed by atoms with E-state index in [1.807, 2.05) is 6.07 Å². The Balaban J connectivity index is 1.50. The smallest absolute Gasteiger partial charge is 0.276 e. The molecule has 1 aliphatic rings. The number of rotatable bonds is 6. The molecule has 1 amide bonds. The first-order valence-electron chi connectivity index (χ1n) is 8.97. The van der Waals surface area contributed by atoms with Crippen molar-refractivity contribution in [3.05, 3.63) is 74.6 Å². The summed E-state index contributed by atoms with van der Waals surface area (Å²) in [7, 11) is 0. The third-order valence-corrected chi connectivity index (χ3v) is 4.92. The highest BCUT2D eigenvalue weighted by molar-refractivity contribution is 5.95. The van der Waals surface area contributed by atoms with E-state index < -0.39 is 16.6 Å². The van der Waals surface area contributed by atoms with E-state index in [0.717, 1.165) is 44.6 Å². The molecule has 2 aromatic carbocycles. The molecule has 7 heteroatoms. The molecule has 0 atom stereocenters. The average Bonchev–Trinajstić information content (AvgIpc) is 2.66. The molecular formula is C20H22FN3O3. The summed E-state index contributed by atoms with van der Waals surface area (Å²) in [6.07, 6.45) is 1.78. The maximum absolute atomic E-state index is 13.8. The molecule has 1 N–H and O–H groups in total. The molecule has 0 aromatic heterocycles. The van der Waals surface area contributed by atoms with Gasteiger partial charge in [-0.15, -0.1) is 0 Å². The Labute approximate surface area is 157 Å². The van der Waals surface area contributed by atoms with Gasteiger partial charge in [-0.1, -0.05) is 24.3 Å². The summed E-state index contributed by atoms with van der Waals surface area (Å²) in [5, 5.41) is 13.7. The van der Waals surface area contributed by atoms with Crippen LogP contribution in [0.25, 0.3) is 0 Å². The predicted molar refractivity (Wildman–Crippen MR) is 100 cm³/mol. The molecule has 0 fully saturated rings. The second-order valence-electron chi connectivity index (χ2n) is 6.76. The fraction of sp³-hybridized carbons (Fsp3) is 0.350. The topological polar surface area (TPSA) is 75.5 Å². The van der Waals surface area contributed by atoms with Crippen molar-refractivity contribution in [1.29, 1.82) is 0 Å². The van der Waals surface area contributed by atoms with Crippen molar-refractivity contribution in [3.63, 3.8) is 0 Å². The summed E-state index contributed by atoms with van der Waals surface area (Å²) in [4.78, 5) is 24.8. The van der Waals surface area contributed by atoms with Gasteiger partial charge < -0.3 is 5.32 Å². The number of carbonyl (C=O) groups excluding carboxylic acids is 1. The van der Waals surface area contributed by atoms with E-state index in [-0.39, 0.29) is 16.8 Å². The normalized spacial score (nSPS) is 13.9. The van der Waals surface area contributed by atoms with Crippen molar-refractivity contribution >= 4 is 11.6 Å². The maximum atomic E-state index is 13.8. The molecule has 27 heavy (non-hydrogen) atoms. The number of hydrogen-bond donors (Lipinski definition) is 1. The lowest BCUT2D eigenvalue weighted by Crippen LogP contribution is -2.33. The van der Waals surface area contributed by atoms with Gasteiger partial charge in [-0.2, -0.15) is 0 Å². The van der Waals surface area contributed by atoms with Crippen LogP contribution in [0.15, 0.2) is 36.4 Å². The van der Waals surface area contributed by atoms with Gasteiger partial charge in [-0.25, -0.2) is 4.39 Å². The van der Waals surface area contributed by atoms with E-state index in [0.29, 0.717) is 6.54 Å². The van der Waals surface area contributed by atoms with Crippen molar-refractivity contribution in [1.82, 2.24) is 10.2 Å². The van der Waals surface area contributed by atoms with Crippen molar-refractivity contribution in [3.8, 4) is 0 Å². The molecule has 0 spiro atoms. The Bertz CT molecular complexity index is 870. The van der Waals surface area contributed by atoms with Crippen molar-refractivity contribution in [2.24, 2.45) is 0 Å². The molecule has 1 aliphatic heterocycles. The molecule has 0 unspecified atom stereocenters. The first kappa shape index (κ1) is 19.0. The van der Waals surface area contributed by atoms with Crippen molar-refractivity contribution in [2.75, 3.05) is 19.6 Å². The zero-order valence-electron chi connectivity index (χ0n) is 15.2. The lowest BCUT2D eigenvalue weighted by Gasteiger charge is -2.28. The molecule has 0 radical (unpaired) electrons. The highest BCUT2D eigenvalue weighted by Gasteiger charge is 2.19. The Morgan fingerprint density at radius 1 is 1.30 bits per heavy atom. The number of amides is 1. The summed E-state index contributed by atoms with van der Waals surface area (Å²) in [5.41, 5.74) is 2.26. The van der Waals surface area contributed by atoms with Gasteiger partial charge in [0, 0.05) is 37.8 Å². The van der Waals surface area contributed by atoms with Gasteiger partial charge >= 0.3 is 0 Å². The first-order chi connectivity index (χ1) is 13.0. The number of nitrogens with zero attached hydrogens (tertiary/aromatic N) is 2. The minimum atomic E-state index is -0.749. The number of halogens is 1. The minimum absolute atomic E-state index is 0.0308. The van der Waals surface area contributed by atoms with E-state index >= 15 is 0 Å². The van der Waals surface area contributed by atoms with E-state index in [9.17, 15) is 19.3 Å². The summed E-state index contributed by atoms with van der Waals surface area (Å²) in [6, 6.07) is 10.6. The van der Waals surface area contributed by atoms with Crippen LogP contribution in [0, 0.1) is 22.9 Å². The average molecular weight is 371 g/mol. The lowest BCUT2D eigenvalue weighted by atomic mass is 10.00. The Hall–Kier alpha value is -2.80. The highest BCUT2D eigenvalue weighted by Crippen LogP contribution is 2.23. The Morgan fingerprint density at radius 3 is 2.78 bits per heavy atom. The van der Waals surface area contributed by atoms with Gasteiger partial charge in [0.25, 0.3) is 11.6 Å². The number of benzene rings is 2. The molecule has 0 saturated heterocycles. The van der Waals surface area contributed by atoms with Crippen LogP contribution in [0.4, 0.5) is 10.1 Å². The molecule has 2 aromatic rings. The van der Waals surface area contributed by atoms with Crippen LogP contribution in [0.5, 0.6) is 0 Å². The maximum Gasteiger partial charge on any atom is 0.276 e. The predicted octanol–water partition coefficient (Wildman–Crippen LogP) is 3.22. The van der Waals surface area contributed by atoms with Crippen LogP contribution in [0.1, 0.15) is 33.5 Å². The van der Waals surface area contributed by atoms with E-state index in [4.69, 9.17) is 0 Å². The number of fused-ring (bicyclic) bond motifs is 1. The van der Waals surface area contributed by atoms with Crippen molar-refractivity contribution in [2.45, 2.75) is 26.3 Å². The number of carbonyl (C=O) groups is 1. The fourth-order valence-electron chi connectivity index (χ4n) is 3.34. The van der Waals surface area contributed by atoms with Crippen LogP contribution in [-0.2, 0) is 13.0 Å². The molecule has 3 rings (SSSR count). The van der Waals surface area contributed by atoms with E-state index in [2.05, 4.69) is 28.4 Å². The second kappa shape index (κ2) is 8.26. The molecule has 0 saturated carbocycles. The number of nitrogens with one attached hydrogen (secondary N) is 1.